The minimum absolute atomic E-state index is 0.321. The summed E-state index contributed by atoms with van der Waals surface area (Å²) in [5.74, 6) is 2.11. The van der Waals surface area contributed by atoms with E-state index < -0.39 is 5.97 Å². The molecule has 0 bridgehead atoms. The van der Waals surface area contributed by atoms with Crippen molar-refractivity contribution in [2.24, 2.45) is 34.5 Å². The molecule has 2 nitrogen and oxygen atoms in total. The van der Waals surface area contributed by atoms with Gasteiger partial charge in [-0.05, 0) is 90.6 Å². The molecule has 26 heavy (non-hydrogen) atoms. The van der Waals surface area contributed by atoms with E-state index in [0.717, 1.165) is 12.3 Å². The summed E-state index contributed by atoms with van der Waals surface area (Å²) in [7, 11) is 0. The first-order valence-electron chi connectivity index (χ1n) is 11.0. The molecule has 4 aliphatic rings. The summed E-state index contributed by atoms with van der Waals surface area (Å²) in [6.07, 6.45) is 17.1. The number of carbonyl (C=O) groups is 1. The van der Waals surface area contributed by atoms with Gasteiger partial charge in [-0.2, -0.15) is 0 Å². The van der Waals surface area contributed by atoms with E-state index in [1.54, 1.807) is 11.1 Å². The van der Waals surface area contributed by atoms with E-state index in [0.29, 0.717) is 35.0 Å². The van der Waals surface area contributed by atoms with Gasteiger partial charge in [-0.1, -0.05) is 45.8 Å². The highest BCUT2D eigenvalue weighted by molar-refractivity contribution is 5.66. The molecule has 144 valence electrons. The summed E-state index contributed by atoms with van der Waals surface area (Å²) < 4.78 is 0. The van der Waals surface area contributed by atoms with E-state index in [4.69, 9.17) is 5.11 Å². The SMILES string of the molecule is C[C@H](CCC(=O)O)[C@H]1CC[C@H]2C3=CC[C@@H]4CCCC[C@]4(C)C3=CC[C@]12C. The van der Waals surface area contributed by atoms with E-state index in [9.17, 15) is 4.79 Å². The normalized spacial score (nSPS) is 42.8. The Morgan fingerprint density at radius 2 is 2.04 bits per heavy atom. The number of hydrogen-bond donors (Lipinski definition) is 1. The molecule has 2 fully saturated rings. The Kier molecular flexibility index (Phi) is 4.60. The molecular weight excluding hydrogens is 320 g/mol. The van der Waals surface area contributed by atoms with Gasteiger partial charge in [0.2, 0.25) is 0 Å². The topological polar surface area (TPSA) is 37.3 Å². The Bertz CT molecular complexity index is 645. The maximum Gasteiger partial charge on any atom is 0.303 e. The number of carboxylic acid groups (broad SMARTS) is 1. The molecule has 2 heteroatoms. The van der Waals surface area contributed by atoms with Crippen molar-refractivity contribution in [1.29, 1.82) is 0 Å². The highest BCUT2D eigenvalue weighted by Crippen LogP contribution is 2.64. The van der Waals surface area contributed by atoms with E-state index >= 15 is 0 Å². The first-order valence-corrected chi connectivity index (χ1v) is 11.0. The molecule has 0 aromatic heterocycles. The largest absolute Gasteiger partial charge is 0.481 e. The summed E-state index contributed by atoms with van der Waals surface area (Å²) in [5.41, 5.74) is 4.18. The molecule has 6 atom stereocenters. The number of hydrogen-bond acceptors (Lipinski definition) is 1. The second-order valence-electron chi connectivity index (χ2n) is 10.2. The van der Waals surface area contributed by atoms with Crippen LogP contribution in [0.2, 0.25) is 0 Å². The van der Waals surface area contributed by atoms with E-state index in [2.05, 4.69) is 32.9 Å². The van der Waals surface area contributed by atoms with Gasteiger partial charge < -0.3 is 5.11 Å². The molecule has 0 amide bonds. The van der Waals surface area contributed by atoms with E-state index in [-0.39, 0.29) is 0 Å². The molecule has 0 aliphatic heterocycles. The van der Waals surface area contributed by atoms with Gasteiger partial charge in [0.15, 0.2) is 0 Å². The van der Waals surface area contributed by atoms with Crippen LogP contribution in [0.4, 0.5) is 0 Å². The average Bonchev–Trinajstić information content (AvgIpc) is 2.96. The third-order valence-electron chi connectivity index (χ3n) is 8.98. The second-order valence-corrected chi connectivity index (χ2v) is 10.2. The van der Waals surface area contributed by atoms with Gasteiger partial charge in [-0.15, -0.1) is 0 Å². The maximum absolute atomic E-state index is 11.0. The quantitative estimate of drug-likeness (QED) is 0.635. The monoisotopic (exact) mass is 356 g/mol. The van der Waals surface area contributed by atoms with Crippen LogP contribution >= 0.6 is 0 Å². The molecule has 0 radical (unpaired) electrons. The Morgan fingerprint density at radius 3 is 2.81 bits per heavy atom. The predicted molar refractivity (Wildman–Crippen MR) is 106 cm³/mol. The standard InChI is InChI=1S/C24H36O2/c1-16(7-12-22(25)26)19-10-11-20-18-9-8-17-6-4-5-14-23(17,2)21(18)13-15-24(19,20)3/h9,13,16-17,19-20H,4-8,10-12,14-15H2,1-3H3,(H,25,26)/t16-,17+,19-,20+,23+,24-/m1/s1. The van der Waals surface area contributed by atoms with Crippen molar-refractivity contribution >= 4 is 5.97 Å². The predicted octanol–water partition coefficient (Wildman–Crippen LogP) is 6.38. The molecule has 0 aromatic carbocycles. The second kappa shape index (κ2) is 6.53. The van der Waals surface area contributed by atoms with E-state index in [1.807, 2.05) is 0 Å². The molecule has 0 unspecified atom stereocenters. The van der Waals surface area contributed by atoms with Crippen LogP contribution in [0.5, 0.6) is 0 Å². The van der Waals surface area contributed by atoms with Crippen molar-refractivity contribution < 1.29 is 9.90 Å². The lowest BCUT2D eigenvalue weighted by Crippen LogP contribution is -2.42. The first kappa shape index (κ1) is 18.3. The molecule has 0 saturated heterocycles. The summed E-state index contributed by atoms with van der Waals surface area (Å²) in [5, 5.41) is 9.08. The zero-order valence-electron chi connectivity index (χ0n) is 16.9. The third-order valence-corrected chi connectivity index (χ3v) is 8.98. The van der Waals surface area contributed by atoms with Crippen LogP contribution in [-0.2, 0) is 4.79 Å². The van der Waals surface area contributed by atoms with Crippen molar-refractivity contribution in [3.63, 3.8) is 0 Å². The lowest BCUT2D eigenvalue weighted by atomic mass is 9.52. The molecule has 0 heterocycles. The number of rotatable bonds is 4. The van der Waals surface area contributed by atoms with Gasteiger partial charge in [-0.3, -0.25) is 4.79 Å². The summed E-state index contributed by atoms with van der Waals surface area (Å²) >= 11 is 0. The highest BCUT2D eigenvalue weighted by Gasteiger charge is 2.54. The van der Waals surface area contributed by atoms with Gasteiger partial charge in [-0.25, -0.2) is 0 Å². The van der Waals surface area contributed by atoms with Crippen molar-refractivity contribution in [2.45, 2.75) is 85.0 Å². The van der Waals surface area contributed by atoms with E-state index in [1.165, 1.54) is 51.4 Å². The molecule has 1 N–H and O–H groups in total. The van der Waals surface area contributed by atoms with Crippen LogP contribution in [0.15, 0.2) is 23.3 Å². The minimum Gasteiger partial charge on any atom is -0.481 e. The maximum atomic E-state index is 11.0. The third kappa shape index (κ3) is 2.70. The number of allylic oxidation sites excluding steroid dienone is 4. The highest BCUT2D eigenvalue weighted by atomic mass is 16.4. The molecule has 0 spiro atoms. The van der Waals surface area contributed by atoms with Crippen LogP contribution in [-0.4, -0.2) is 11.1 Å². The zero-order chi connectivity index (χ0) is 18.5. The van der Waals surface area contributed by atoms with Crippen molar-refractivity contribution in [3.05, 3.63) is 23.3 Å². The van der Waals surface area contributed by atoms with Gasteiger partial charge in [0.05, 0.1) is 0 Å². The van der Waals surface area contributed by atoms with Crippen LogP contribution in [0.1, 0.15) is 85.0 Å². The lowest BCUT2D eigenvalue weighted by molar-refractivity contribution is -0.137. The van der Waals surface area contributed by atoms with Gasteiger partial charge >= 0.3 is 5.97 Å². The van der Waals surface area contributed by atoms with Crippen LogP contribution in [0.25, 0.3) is 0 Å². The molecule has 0 aromatic rings. The van der Waals surface area contributed by atoms with Gasteiger partial charge in [0.1, 0.15) is 0 Å². The summed E-state index contributed by atoms with van der Waals surface area (Å²) in [4.78, 5) is 11.0. The minimum atomic E-state index is -0.645. The molecule has 4 rings (SSSR count). The van der Waals surface area contributed by atoms with Gasteiger partial charge in [0, 0.05) is 6.42 Å². The molecular formula is C24H36O2. The van der Waals surface area contributed by atoms with Crippen LogP contribution in [0.3, 0.4) is 0 Å². The zero-order valence-corrected chi connectivity index (χ0v) is 16.9. The smallest absolute Gasteiger partial charge is 0.303 e. The fourth-order valence-corrected chi connectivity index (χ4v) is 7.41. The Morgan fingerprint density at radius 1 is 1.23 bits per heavy atom. The Hall–Kier alpha value is -1.05. The number of fused-ring (bicyclic) bond motifs is 5. The van der Waals surface area contributed by atoms with Crippen LogP contribution < -0.4 is 0 Å². The lowest BCUT2D eigenvalue weighted by Gasteiger charge is -2.53. The van der Waals surface area contributed by atoms with Crippen molar-refractivity contribution in [2.75, 3.05) is 0 Å². The molecule has 4 aliphatic carbocycles. The summed E-state index contributed by atoms with van der Waals surface area (Å²) in [6, 6.07) is 0. The fourth-order valence-electron chi connectivity index (χ4n) is 7.41. The number of carboxylic acids is 1. The Balaban J connectivity index is 1.60. The average molecular weight is 357 g/mol. The Labute approximate surface area is 159 Å². The van der Waals surface area contributed by atoms with Crippen molar-refractivity contribution in [3.8, 4) is 0 Å². The fraction of sp³-hybridized carbons (Fsp3) is 0.792. The molecule has 2 saturated carbocycles. The summed E-state index contributed by atoms with van der Waals surface area (Å²) in [6.45, 7) is 7.37. The number of aliphatic carboxylic acids is 1. The van der Waals surface area contributed by atoms with Crippen molar-refractivity contribution in [1.82, 2.24) is 0 Å². The van der Waals surface area contributed by atoms with Crippen LogP contribution in [0, 0.1) is 34.5 Å². The van der Waals surface area contributed by atoms with Gasteiger partial charge in [0.25, 0.3) is 0 Å². The first-order chi connectivity index (χ1) is 12.4.